The van der Waals surface area contributed by atoms with E-state index in [1.165, 1.54) is 38.5 Å². The van der Waals surface area contributed by atoms with Gasteiger partial charge in [-0.2, -0.15) is 0 Å². The molecule has 2 aliphatic rings. The molecule has 1 saturated heterocycles. The lowest BCUT2D eigenvalue weighted by atomic mass is 10.1. The molecule has 1 heterocycles. The zero-order valence-corrected chi connectivity index (χ0v) is 17.9. The minimum absolute atomic E-state index is 0.476. The summed E-state index contributed by atoms with van der Waals surface area (Å²) in [7, 11) is 2.18. The van der Waals surface area contributed by atoms with Crippen molar-refractivity contribution in [1.82, 2.24) is 10.2 Å². The molecule has 3 rings (SSSR count). The van der Waals surface area contributed by atoms with Gasteiger partial charge in [0.15, 0.2) is 5.96 Å². The molecule has 2 fully saturated rings. The number of hydrogen-bond donors (Lipinski definition) is 2. The van der Waals surface area contributed by atoms with Crippen LogP contribution in [0.3, 0.4) is 0 Å². The van der Waals surface area contributed by atoms with Crippen molar-refractivity contribution in [3.05, 3.63) is 29.8 Å². The second kappa shape index (κ2) is 12.0. The predicted octanol–water partition coefficient (Wildman–Crippen LogP) is 3.30. The Morgan fingerprint density at radius 2 is 1.93 bits per heavy atom. The first-order valence-corrected chi connectivity index (χ1v) is 11.3. The third kappa shape index (κ3) is 7.86. The third-order valence-corrected chi connectivity index (χ3v) is 6.06. The summed E-state index contributed by atoms with van der Waals surface area (Å²) in [4.78, 5) is 6.92. The van der Waals surface area contributed by atoms with Gasteiger partial charge in [-0.3, -0.25) is 4.90 Å². The van der Waals surface area contributed by atoms with Crippen molar-refractivity contribution in [2.45, 2.75) is 70.0 Å². The summed E-state index contributed by atoms with van der Waals surface area (Å²) in [5, 5.41) is 3.40. The number of ether oxygens (including phenoxy) is 2. The molecule has 0 radical (unpaired) electrons. The first kappa shape index (κ1) is 21.9. The van der Waals surface area contributed by atoms with Gasteiger partial charge < -0.3 is 20.5 Å². The van der Waals surface area contributed by atoms with Gasteiger partial charge in [0.25, 0.3) is 0 Å². The SMILES string of the molecule is CN(CCOc1cccc(CN=C(N)NC2CCCCCC2)c1)C1CCOCC1. The molecule has 0 amide bonds. The fourth-order valence-electron chi connectivity index (χ4n) is 4.20. The van der Waals surface area contributed by atoms with Gasteiger partial charge in [0.1, 0.15) is 12.4 Å². The van der Waals surface area contributed by atoms with E-state index in [4.69, 9.17) is 15.2 Å². The molecule has 6 nitrogen and oxygen atoms in total. The molecule has 29 heavy (non-hydrogen) atoms. The van der Waals surface area contributed by atoms with Gasteiger partial charge in [0.05, 0.1) is 6.54 Å². The number of nitrogens with one attached hydrogen (secondary N) is 1. The number of likely N-dealkylation sites (N-methyl/N-ethyl adjacent to an activating group) is 1. The molecule has 3 N–H and O–H groups in total. The number of nitrogens with zero attached hydrogens (tertiary/aromatic N) is 2. The highest BCUT2D eigenvalue weighted by molar-refractivity contribution is 5.78. The van der Waals surface area contributed by atoms with Gasteiger partial charge in [-0.15, -0.1) is 0 Å². The highest BCUT2D eigenvalue weighted by Crippen LogP contribution is 2.18. The molecular weight excluding hydrogens is 364 g/mol. The number of nitrogens with two attached hydrogens (primary N) is 1. The molecule has 1 aliphatic heterocycles. The van der Waals surface area contributed by atoms with Crippen molar-refractivity contribution in [3.8, 4) is 5.75 Å². The lowest BCUT2D eigenvalue weighted by Crippen LogP contribution is -2.39. The second-order valence-corrected chi connectivity index (χ2v) is 8.35. The van der Waals surface area contributed by atoms with E-state index in [1.807, 2.05) is 12.1 Å². The van der Waals surface area contributed by atoms with Gasteiger partial charge >= 0.3 is 0 Å². The first-order chi connectivity index (χ1) is 14.2. The van der Waals surface area contributed by atoms with Crippen LogP contribution in [0.15, 0.2) is 29.3 Å². The van der Waals surface area contributed by atoms with Crippen LogP contribution < -0.4 is 15.8 Å². The van der Waals surface area contributed by atoms with Crippen LogP contribution >= 0.6 is 0 Å². The van der Waals surface area contributed by atoms with Gasteiger partial charge in [0, 0.05) is 31.8 Å². The van der Waals surface area contributed by atoms with Gasteiger partial charge in [-0.05, 0) is 50.4 Å². The standard InChI is InChI=1S/C23H38N4O2/c1-27(21-11-14-28-15-12-21)13-16-29-22-10-6-7-19(17-22)18-25-23(24)26-20-8-4-2-3-5-9-20/h6-7,10,17,20-21H,2-5,8-9,11-16,18H2,1H3,(H3,24,25,26). The summed E-state index contributed by atoms with van der Waals surface area (Å²) in [5.74, 6) is 1.45. The number of benzene rings is 1. The van der Waals surface area contributed by atoms with Crippen molar-refractivity contribution in [2.75, 3.05) is 33.4 Å². The monoisotopic (exact) mass is 402 g/mol. The van der Waals surface area contributed by atoms with E-state index in [0.717, 1.165) is 43.9 Å². The Morgan fingerprint density at radius 1 is 1.17 bits per heavy atom. The minimum Gasteiger partial charge on any atom is -0.492 e. The number of hydrogen-bond acceptors (Lipinski definition) is 4. The molecule has 0 unspecified atom stereocenters. The Labute approximate surface area is 175 Å². The highest BCUT2D eigenvalue weighted by Gasteiger charge is 2.18. The third-order valence-electron chi connectivity index (χ3n) is 6.06. The maximum Gasteiger partial charge on any atom is 0.189 e. The van der Waals surface area contributed by atoms with Crippen molar-refractivity contribution < 1.29 is 9.47 Å². The molecule has 1 saturated carbocycles. The Bertz CT molecular complexity index is 623. The van der Waals surface area contributed by atoms with Crippen molar-refractivity contribution in [3.63, 3.8) is 0 Å². The first-order valence-electron chi connectivity index (χ1n) is 11.3. The van der Waals surface area contributed by atoms with Crippen LogP contribution in [0, 0.1) is 0 Å². The average molecular weight is 403 g/mol. The molecule has 1 aromatic carbocycles. The summed E-state index contributed by atoms with van der Waals surface area (Å²) in [6.07, 6.45) is 9.87. The molecule has 1 aliphatic carbocycles. The molecular formula is C23H38N4O2. The average Bonchev–Trinajstić information content (AvgIpc) is 3.02. The summed E-state index contributed by atoms with van der Waals surface area (Å²) in [6, 6.07) is 9.26. The van der Waals surface area contributed by atoms with E-state index in [0.29, 0.717) is 31.2 Å². The van der Waals surface area contributed by atoms with Crippen molar-refractivity contribution in [2.24, 2.45) is 10.7 Å². The molecule has 0 aromatic heterocycles. The number of rotatable bonds is 8. The van der Waals surface area contributed by atoms with Gasteiger partial charge in [0.2, 0.25) is 0 Å². The summed E-state index contributed by atoms with van der Waals surface area (Å²) in [6.45, 7) is 3.93. The van der Waals surface area contributed by atoms with Gasteiger partial charge in [-0.1, -0.05) is 37.8 Å². The Balaban J connectivity index is 1.41. The molecule has 1 aromatic rings. The smallest absolute Gasteiger partial charge is 0.189 e. The van der Waals surface area contributed by atoms with E-state index >= 15 is 0 Å². The predicted molar refractivity (Wildman–Crippen MR) is 118 cm³/mol. The maximum absolute atomic E-state index is 6.12. The van der Waals surface area contributed by atoms with Crippen LogP contribution in [0.25, 0.3) is 0 Å². The maximum atomic E-state index is 6.12. The largest absolute Gasteiger partial charge is 0.492 e. The Kier molecular flexibility index (Phi) is 9.09. The minimum atomic E-state index is 0.476. The van der Waals surface area contributed by atoms with Crippen LogP contribution in [0.1, 0.15) is 56.9 Å². The van der Waals surface area contributed by atoms with Crippen molar-refractivity contribution >= 4 is 5.96 Å². The molecule has 0 bridgehead atoms. The van der Waals surface area contributed by atoms with Crippen molar-refractivity contribution in [1.29, 1.82) is 0 Å². The van der Waals surface area contributed by atoms with Crippen LogP contribution in [0.5, 0.6) is 5.75 Å². The number of aliphatic imine (C=N–C) groups is 1. The zero-order chi connectivity index (χ0) is 20.3. The van der Waals surface area contributed by atoms with E-state index < -0.39 is 0 Å². The van der Waals surface area contributed by atoms with E-state index in [1.54, 1.807) is 0 Å². The van der Waals surface area contributed by atoms with Crippen LogP contribution in [0.4, 0.5) is 0 Å². The zero-order valence-electron chi connectivity index (χ0n) is 17.9. The summed E-state index contributed by atoms with van der Waals surface area (Å²) in [5.41, 5.74) is 7.24. The molecule has 6 heteroatoms. The van der Waals surface area contributed by atoms with Crippen LogP contribution in [0.2, 0.25) is 0 Å². The lowest BCUT2D eigenvalue weighted by molar-refractivity contribution is 0.0392. The topological polar surface area (TPSA) is 72.1 Å². The van der Waals surface area contributed by atoms with Crippen LogP contribution in [-0.2, 0) is 11.3 Å². The summed E-state index contributed by atoms with van der Waals surface area (Å²) >= 11 is 0. The van der Waals surface area contributed by atoms with E-state index in [2.05, 4.69) is 34.4 Å². The quantitative estimate of drug-likeness (QED) is 0.397. The number of guanidine groups is 1. The summed E-state index contributed by atoms with van der Waals surface area (Å²) < 4.78 is 11.4. The molecule has 0 atom stereocenters. The second-order valence-electron chi connectivity index (χ2n) is 8.35. The normalized spacial score (nSPS) is 19.9. The van der Waals surface area contributed by atoms with Crippen LogP contribution in [-0.4, -0.2) is 56.4 Å². The highest BCUT2D eigenvalue weighted by atomic mass is 16.5. The molecule has 0 spiro atoms. The lowest BCUT2D eigenvalue weighted by Gasteiger charge is -2.31. The molecule has 162 valence electrons. The Hall–Kier alpha value is -1.79. The van der Waals surface area contributed by atoms with E-state index in [-0.39, 0.29) is 0 Å². The fraction of sp³-hybridized carbons (Fsp3) is 0.696. The Morgan fingerprint density at radius 3 is 2.69 bits per heavy atom. The van der Waals surface area contributed by atoms with E-state index in [9.17, 15) is 0 Å². The fourth-order valence-corrected chi connectivity index (χ4v) is 4.20. The van der Waals surface area contributed by atoms with Gasteiger partial charge in [-0.25, -0.2) is 4.99 Å².